The quantitative estimate of drug-likeness (QED) is 0.734. The molecule has 1 heterocycles. The second kappa shape index (κ2) is 8.14. The number of ether oxygens (including phenoxy) is 1. The molecule has 0 saturated carbocycles. The molecule has 6 nitrogen and oxygen atoms in total. The average molecular weight is 280 g/mol. The molecule has 0 bridgehead atoms. The summed E-state index contributed by atoms with van der Waals surface area (Å²) in [6.45, 7) is 5.56. The first-order valence-electron chi connectivity index (χ1n) is 6.68. The van der Waals surface area contributed by atoms with Gasteiger partial charge in [0.05, 0.1) is 12.8 Å². The van der Waals surface area contributed by atoms with Crippen LogP contribution in [0.1, 0.15) is 37.0 Å². The van der Waals surface area contributed by atoms with Crippen LogP contribution in [0.5, 0.6) is 5.75 Å². The van der Waals surface area contributed by atoms with Gasteiger partial charge >= 0.3 is 5.97 Å². The van der Waals surface area contributed by atoms with Crippen molar-refractivity contribution in [3.05, 3.63) is 24.0 Å². The summed E-state index contributed by atoms with van der Waals surface area (Å²) in [5.41, 5.74) is 0.0788. The normalized spacial score (nSPS) is 10.1. The van der Waals surface area contributed by atoms with Crippen molar-refractivity contribution in [1.29, 1.82) is 0 Å². The molecule has 0 atom stereocenters. The Balaban J connectivity index is 2.42. The van der Waals surface area contributed by atoms with E-state index in [0.717, 1.165) is 0 Å². The van der Waals surface area contributed by atoms with Crippen molar-refractivity contribution in [3.63, 3.8) is 0 Å². The lowest BCUT2D eigenvalue weighted by atomic mass is 10.2. The van der Waals surface area contributed by atoms with Crippen LogP contribution in [0.4, 0.5) is 0 Å². The second-order valence-corrected chi connectivity index (χ2v) is 4.20. The minimum atomic E-state index is -1.05. The number of carboxylic acid groups (broad SMARTS) is 1. The highest BCUT2D eigenvalue weighted by atomic mass is 16.5. The lowest BCUT2D eigenvalue weighted by Gasteiger charge is -2.18. The summed E-state index contributed by atoms with van der Waals surface area (Å²) in [5, 5.41) is 8.98. The van der Waals surface area contributed by atoms with Crippen LogP contribution >= 0.6 is 0 Å². The summed E-state index contributed by atoms with van der Waals surface area (Å²) in [4.78, 5) is 28.3. The maximum absolute atomic E-state index is 11.8. The molecule has 1 aromatic rings. The van der Waals surface area contributed by atoms with Gasteiger partial charge < -0.3 is 14.7 Å². The van der Waals surface area contributed by atoms with Crippen LogP contribution < -0.4 is 4.74 Å². The fraction of sp³-hybridized carbons (Fsp3) is 0.500. The number of carbonyl (C=O) groups is 2. The second-order valence-electron chi connectivity index (χ2n) is 4.20. The Bertz CT molecular complexity index is 458. The minimum Gasteiger partial charge on any atom is -0.491 e. The van der Waals surface area contributed by atoms with Gasteiger partial charge in [0.2, 0.25) is 5.91 Å². The zero-order chi connectivity index (χ0) is 15.0. The number of aromatic carboxylic acids is 1. The molecule has 1 aromatic heterocycles. The molecule has 0 fully saturated rings. The average Bonchev–Trinajstić information content (AvgIpc) is 2.45. The van der Waals surface area contributed by atoms with Crippen molar-refractivity contribution < 1.29 is 19.4 Å². The third-order valence-electron chi connectivity index (χ3n) is 2.92. The highest BCUT2D eigenvalue weighted by Crippen LogP contribution is 2.16. The van der Waals surface area contributed by atoms with E-state index in [4.69, 9.17) is 9.84 Å². The zero-order valence-corrected chi connectivity index (χ0v) is 11.8. The molecule has 1 amide bonds. The van der Waals surface area contributed by atoms with Crippen molar-refractivity contribution in [2.75, 3.05) is 19.7 Å². The van der Waals surface area contributed by atoms with Gasteiger partial charge in [0.15, 0.2) is 5.75 Å². The van der Waals surface area contributed by atoms with Gasteiger partial charge in [0, 0.05) is 25.7 Å². The minimum absolute atomic E-state index is 0.0788. The molecular formula is C14H20N2O4. The first-order valence-corrected chi connectivity index (χ1v) is 6.68. The molecule has 6 heteroatoms. The maximum atomic E-state index is 11.8. The molecule has 0 saturated heterocycles. The third-order valence-corrected chi connectivity index (χ3v) is 2.92. The van der Waals surface area contributed by atoms with Gasteiger partial charge in [0.25, 0.3) is 0 Å². The van der Waals surface area contributed by atoms with Crippen molar-refractivity contribution in [2.24, 2.45) is 0 Å². The van der Waals surface area contributed by atoms with Crippen LogP contribution in [-0.4, -0.2) is 46.6 Å². The van der Waals surface area contributed by atoms with Gasteiger partial charge in [-0.1, -0.05) is 0 Å². The van der Waals surface area contributed by atoms with Gasteiger partial charge in [-0.2, -0.15) is 0 Å². The van der Waals surface area contributed by atoms with Crippen LogP contribution in [0.25, 0.3) is 0 Å². The molecule has 20 heavy (non-hydrogen) atoms. The fourth-order valence-corrected chi connectivity index (χ4v) is 1.81. The number of pyridine rings is 1. The lowest BCUT2D eigenvalue weighted by molar-refractivity contribution is -0.131. The van der Waals surface area contributed by atoms with E-state index in [0.29, 0.717) is 32.5 Å². The Kier molecular flexibility index (Phi) is 6.49. The predicted octanol–water partition coefficient (Wildman–Crippen LogP) is 1.81. The van der Waals surface area contributed by atoms with Gasteiger partial charge in [-0.25, -0.2) is 4.79 Å². The summed E-state index contributed by atoms with van der Waals surface area (Å²) < 4.78 is 5.38. The van der Waals surface area contributed by atoms with E-state index in [-0.39, 0.29) is 17.2 Å². The molecule has 1 N–H and O–H groups in total. The highest BCUT2D eigenvalue weighted by Gasteiger charge is 2.12. The highest BCUT2D eigenvalue weighted by molar-refractivity contribution is 5.90. The SMILES string of the molecule is CCN(CC)C(=O)CCCOc1cnccc1C(=O)O. The smallest absolute Gasteiger partial charge is 0.339 e. The number of carbonyl (C=O) groups excluding carboxylic acids is 1. The molecule has 0 spiro atoms. The molecule has 0 unspecified atom stereocenters. The number of aromatic nitrogens is 1. The monoisotopic (exact) mass is 280 g/mol. The van der Waals surface area contributed by atoms with Crippen LogP contribution in [0.15, 0.2) is 18.5 Å². The van der Waals surface area contributed by atoms with Crippen LogP contribution in [0, 0.1) is 0 Å². The van der Waals surface area contributed by atoms with Crippen molar-refractivity contribution >= 4 is 11.9 Å². The molecule has 0 aliphatic rings. The van der Waals surface area contributed by atoms with Gasteiger partial charge in [0.1, 0.15) is 5.56 Å². The van der Waals surface area contributed by atoms with Gasteiger partial charge in [-0.05, 0) is 26.3 Å². The van der Waals surface area contributed by atoms with E-state index in [2.05, 4.69) is 4.98 Å². The maximum Gasteiger partial charge on any atom is 0.339 e. The first-order chi connectivity index (χ1) is 9.60. The summed E-state index contributed by atoms with van der Waals surface area (Å²) >= 11 is 0. The number of rotatable bonds is 8. The van der Waals surface area contributed by atoms with Crippen molar-refractivity contribution in [1.82, 2.24) is 9.88 Å². The molecular weight excluding hydrogens is 260 g/mol. The van der Waals surface area contributed by atoms with Crippen molar-refractivity contribution in [3.8, 4) is 5.75 Å². The van der Waals surface area contributed by atoms with E-state index in [1.807, 2.05) is 13.8 Å². The molecule has 1 rings (SSSR count). The largest absolute Gasteiger partial charge is 0.491 e. The van der Waals surface area contributed by atoms with Crippen LogP contribution in [-0.2, 0) is 4.79 Å². The van der Waals surface area contributed by atoms with Gasteiger partial charge in [-0.3, -0.25) is 9.78 Å². The zero-order valence-electron chi connectivity index (χ0n) is 11.8. The number of nitrogens with zero attached hydrogens (tertiary/aromatic N) is 2. The summed E-state index contributed by atoms with van der Waals surface area (Å²) in [7, 11) is 0. The number of carboxylic acids is 1. The molecule has 0 aliphatic carbocycles. The van der Waals surface area contributed by atoms with E-state index in [1.165, 1.54) is 18.5 Å². The standard InChI is InChI=1S/C14H20N2O4/c1-3-16(4-2)13(17)6-5-9-20-12-10-15-8-7-11(12)14(18)19/h7-8,10H,3-6,9H2,1-2H3,(H,18,19). The van der Waals surface area contributed by atoms with E-state index in [1.54, 1.807) is 4.90 Å². The summed E-state index contributed by atoms with van der Waals surface area (Å²) in [6.07, 6.45) is 3.71. The van der Waals surface area contributed by atoms with Crippen molar-refractivity contribution in [2.45, 2.75) is 26.7 Å². The summed E-state index contributed by atoms with van der Waals surface area (Å²) in [6, 6.07) is 1.39. The fourth-order valence-electron chi connectivity index (χ4n) is 1.81. The van der Waals surface area contributed by atoms with Gasteiger partial charge in [-0.15, -0.1) is 0 Å². The number of hydrogen-bond donors (Lipinski definition) is 1. The molecule has 0 aromatic carbocycles. The Morgan fingerprint density at radius 2 is 2.05 bits per heavy atom. The third kappa shape index (κ3) is 4.53. The molecule has 0 aliphatic heterocycles. The van der Waals surface area contributed by atoms with E-state index < -0.39 is 5.97 Å². The summed E-state index contributed by atoms with van der Waals surface area (Å²) in [5.74, 6) is -0.736. The Morgan fingerprint density at radius 1 is 1.35 bits per heavy atom. The van der Waals surface area contributed by atoms with E-state index in [9.17, 15) is 9.59 Å². The first kappa shape index (κ1) is 15.9. The Morgan fingerprint density at radius 3 is 2.65 bits per heavy atom. The Hall–Kier alpha value is -2.11. The topological polar surface area (TPSA) is 79.7 Å². The predicted molar refractivity (Wildman–Crippen MR) is 73.9 cm³/mol. The van der Waals surface area contributed by atoms with Crippen LogP contribution in [0.2, 0.25) is 0 Å². The molecule has 110 valence electrons. The number of amides is 1. The Labute approximate surface area is 118 Å². The lowest BCUT2D eigenvalue weighted by Crippen LogP contribution is -2.30. The van der Waals surface area contributed by atoms with Crippen LogP contribution in [0.3, 0.4) is 0 Å². The number of hydrogen-bond acceptors (Lipinski definition) is 4. The van der Waals surface area contributed by atoms with E-state index >= 15 is 0 Å². The molecule has 0 radical (unpaired) electrons.